The van der Waals surface area contributed by atoms with Crippen LogP contribution in [0.25, 0.3) is 0 Å². The van der Waals surface area contributed by atoms with E-state index in [-0.39, 0.29) is 24.0 Å². The fourth-order valence-corrected chi connectivity index (χ4v) is 2.36. The van der Waals surface area contributed by atoms with E-state index in [4.69, 9.17) is 15.2 Å². The highest BCUT2D eigenvalue weighted by Gasteiger charge is 2.10. The normalized spacial score (nSPS) is 16.0. The molecule has 1 aliphatic rings. The second kappa shape index (κ2) is 11.6. The average Bonchev–Trinajstić information content (AvgIpc) is 2.55. The quantitative estimate of drug-likeness (QED) is 0.292. The Morgan fingerprint density at radius 3 is 2.83 bits per heavy atom. The van der Waals surface area contributed by atoms with Crippen molar-refractivity contribution in [3.05, 3.63) is 35.4 Å². The lowest BCUT2D eigenvalue weighted by atomic mass is 10.1. The average molecular weight is 434 g/mol. The summed E-state index contributed by atoms with van der Waals surface area (Å²) < 4.78 is 10.3. The first kappa shape index (κ1) is 20.1. The summed E-state index contributed by atoms with van der Waals surface area (Å²) in [6, 6.07) is 8.51. The van der Waals surface area contributed by atoms with Crippen molar-refractivity contribution in [3.8, 4) is 0 Å². The second-order valence-electron chi connectivity index (χ2n) is 5.33. The van der Waals surface area contributed by atoms with Gasteiger partial charge < -0.3 is 20.5 Å². The molecule has 0 amide bonds. The number of methoxy groups -OCH3 is 1. The summed E-state index contributed by atoms with van der Waals surface area (Å²) in [5, 5.41) is 3.01. The summed E-state index contributed by atoms with van der Waals surface area (Å²) in [6.07, 6.45) is 0. The fraction of sp³-hybridized carbons (Fsp3) is 0.562. The Bertz CT molecular complexity index is 479. The summed E-state index contributed by atoms with van der Waals surface area (Å²) in [5.41, 5.74) is 8.29. The fourth-order valence-electron chi connectivity index (χ4n) is 2.36. The van der Waals surface area contributed by atoms with E-state index in [0.717, 1.165) is 32.8 Å². The molecule has 0 radical (unpaired) electrons. The number of halogens is 1. The van der Waals surface area contributed by atoms with E-state index in [0.29, 0.717) is 25.7 Å². The first-order chi connectivity index (χ1) is 10.8. The Morgan fingerprint density at radius 2 is 2.09 bits per heavy atom. The minimum absolute atomic E-state index is 0. The summed E-state index contributed by atoms with van der Waals surface area (Å²) in [6.45, 7) is 6.48. The maximum absolute atomic E-state index is 5.81. The number of nitrogens with zero attached hydrogens (tertiary/aromatic N) is 2. The highest BCUT2D eigenvalue weighted by atomic mass is 127. The van der Waals surface area contributed by atoms with Gasteiger partial charge in [0.15, 0.2) is 5.96 Å². The monoisotopic (exact) mass is 434 g/mol. The molecule has 0 saturated carbocycles. The van der Waals surface area contributed by atoms with Crippen molar-refractivity contribution in [1.29, 1.82) is 0 Å². The van der Waals surface area contributed by atoms with E-state index in [1.807, 2.05) is 0 Å². The maximum Gasteiger partial charge on any atom is 0.188 e. The molecule has 1 aromatic rings. The predicted molar refractivity (Wildman–Crippen MR) is 103 cm³/mol. The van der Waals surface area contributed by atoms with Crippen molar-refractivity contribution < 1.29 is 9.47 Å². The molecule has 0 bridgehead atoms. The number of benzene rings is 1. The molecule has 1 aliphatic heterocycles. The molecule has 7 heteroatoms. The van der Waals surface area contributed by atoms with Crippen LogP contribution < -0.4 is 11.1 Å². The van der Waals surface area contributed by atoms with E-state index in [1.54, 1.807) is 7.11 Å². The summed E-state index contributed by atoms with van der Waals surface area (Å²) in [4.78, 5) is 6.76. The van der Waals surface area contributed by atoms with Crippen LogP contribution >= 0.6 is 24.0 Å². The lowest BCUT2D eigenvalue weighted by molar-refractivity contribution is 0.0342. The smallest absolute Gasteiger partial charge is 0.188 e. The van der Waals surface area contributed by atoms with Gasteiger partial charge in [0.05, 0.1) is 26.4 Å². The van der Waals surface area contributed by atoms with Gasteiger partial charge >= 0.3 is 0 Å². The summed E-state index contributed by atoms with van der Waals surface area (Å²) in [7, 11) is 1.66. The molecule has 0 spiro atoms. The van der Waals surface area contributed by atoms with E-state index in [9.17, 15) is 0 Å². The largest absolute Gasteiger partial charge is 0.383 e. The number of nitrogens with one attached hydrogen (secondary N) is 1. The topological polar surface area (TPSA) is 72.1 Å². The lowest BCUT2D eigenvalue weighted by Crippen LogP contribution is -2.35. The zero-order valence-electron chi connectivity index (χ0n) is 13.7. The molecule has 0 unspecified atom stereocenters. The molecule has 1 aromatic carbocycles. The molecule has 1 fully saturated rings. The molecule has 0 aromatic heterocycles. The van der Waals surface area contributed by atoms with Gasteiger partial charge in [0.25, 0.3) is 0 Å². The van der Waals surface area contributed by atoms with E-state index in [2.05, 4.69) is 39.5 Å². The van der Waals surface area contributed by atoms with Crippen LogP contribution in [0.4, 0.5) is 0 Å². The molecule has 0 aliphatic carbocycles. The lowest BCUT2D eigenvalue weighted by Gasteiger charge is -2.26. The van der Waals surface area contributed by atoms with Gasteiger partial charge in [-0.2, -0.15) is 0 Å². The van der Waals surface area contributed by atoms with E-state index in [1.165, 1.54) is 11.1 Å². The van der Waals surface area contributed by atoms with Crippen LogP contribution in [0.15, 0.2) is 29.3 Å². The van der Waals surface area contributed by atoms with Crippen molar-refractivity contribution in [2.75, 3.05) is 46.6 Å². The zero-order chi connectivity index (χ0) is 15.6. The van der Waals surface area contributed by atoms with Crippen LogP contribution in [-0.2, 0) is 22.6 Å². The van der Waals surface area contributed by atoms with Crippen molar-refractivity contribution in [1.82, 2.24) is 10.2 Å². The third-order valence-corrected chi connectivity index (χ3v) is 3.55. The number of guanidine groups is 1. The van der Waals surface area contributed by atoms with Crippen LogP contribution in [0.5, 0.6) is 0 Å². The number of hydrogen-bond acceptors (Lipinski definition) is 4. The Morgan fingerprint density at radius 1 is 1.35 bits per heavy atom. The van der Waals surface area contributed by atoms with Crippen LogP contribution in [0.2, 0.25) is 0 Å². The van der Waals surface area contributed by atoms with Gasteiger partial charge in [0, 0.05) is 33.3 Å². The Hall–Kier alpha value is -0.900. The predicted octanol–water partition coefficient (Wildman–Crippen LogP) is 1.19. The van der Waals surface area contributed by atoms with Gasteiger partial charge in [-0.15, -0.1) is 24.0 Å². The Labute approximate surface area is 155 Å². The minimum atomic E-state index is 0. The first-order valence-corrected chi connectivity index (χ1v) is 7.68. The summed E-state index contributed by atoms with van der Waals surface area (Å²) >= 11 is 0. The van der Waals surface area contributed by atoms with Crippen molar-refractivity contribution in [3.63, 3.8) is 0 Å². The summed E-state index contributed by atoms with van der Waals surface area (Å²) in [5.74, 6) is 0.454. The van der Waals surface area contributed by atoms with Crippen molar-refractivity contribution in [2.45, 2.75) is 13.1 Å². The number of ether oxygens (including phenoxy) is 2. The highest BCUT2D eigenvalue weighted by Crippen LogP contribution is 2.10. The zero-order valence-corrected chi connectivity index (χ0v) is 16.0. The number of nitrogens with two attached hydrogens (primary N) is 1. The number of rotatable bonds is 7. The van der Waals surface area contributed by atoms with Crippen molar-refractivity contribution >= 4 is 29.9 Å². The van der Waals surface area contributed by atoms with Gasteiger partial charge in [0.1, 0.15) is 0 Å². The van der Waals surface area contributed by atoms with Gasteiger partial charge in [-0.05, 0) is 11.1 Å². The number of aliphatic imine (C=N–C) groups is 1. The van der Waals surface area contributed by atoms with Gasteiger partial charge in [0.2, 0.25) is 0 Å². The third-order valence-electron chi connectivity index (χ3n) is 3.55. The number of morpholine rings is 1. The molecule has 6 nitrogen and oxygen atoms in total. The molecule has 23 heavy (non-hydrogen) atoms. The highest BCUT2D eigenvalue weighted by molar-refractivity contribution is 14.0. The molecular weight excluding hydrogens is 407 g/mol. The Kier molecular flexibility index (Phi) is 10.2. The van der Waals surface area contributed by atoms with Gasteiger partial charge in [-0.3, -0.25) is 4.90 Å². The number of hydrogen-bond donors (Lipinski definition) is 2. The van der Waals surface area contributed by atoms with Gasteiger partial charge in [-0.1, -0.05) is 24.3 Å². The van der Waals surface area contributed by atoms with Crippen LogP contribution in [0, 0.1) is 0 Å². The van der Waals surface area contributed by atoms with Crippen molar-refractivity contribution in [2.24, 2.45) is 10.7 Å². The van der Waals surface area contributed by atoms with E-state index >= 15 is 0 Å². The van der Waals surface area contributed by atoms with E-state index < -0.39 is 0 Å². The Balaban J connectivity index is 0.00000264. The molecule has 1 saturated heterocycles. The van der Waals surface area contributed by atoms with Crippen LogP contribution in [0.3, 0.4) is 0 Å². The standard InChI is InChI=1S/C16H26N4O2.HI/c1-21-8-5-18-16(17)19-12-14-3-2-4-15(11-14)13-20-6-9-22-10-7-20;/h2-4,11H,5-10,12-13H2,1H3,(H3,17,18,19);1H. The molecule has 1 heterocycles. The second-order valence-corrected chi connectivity index (χ2v) is 5.33. The van der Waals surface area contributed by atoms with Crippen LogP contribution in [-0.4, -0.2) is 57.4 Å². The maximum atomic E-state index is 5.81. The third kappa shape index (κ3) is 7.96. The molecule has 130 valence electrons. The molecule has 3 N–H and O–H groups in total. The molecular formula is C16H27IN4O2. The van der Waals surface area contributed by atoms with Gasteiger partial charge in [-0.25, -0.2) is 4.99 Å². The first-order valence-electron chi connectivity index (χ1n) is 7.68. The molecule has 2 rings (SSSR count). The molecule has 0 atom stereocenters. The van der Waals surface area contributed by atoms with Crippen LogP contribution in [0.1, 0.15) is 11.1 Å². The SMILES string of the molecule is COCCNC(N)=NCc1cccc(CN2CCOCC2)c1.I. The minimum Gasteiger partial charge on any atom is -0.383 e.